The smallest absolute Gasteiger partial charge is 0.255 e. The van der Waals surface area contributed by atoms with Crippen LogP contribution >= 0.6 is 11.6 Å². The number of halogens is 1. The number of piperidine rings is 2. The van der Waals surface area contributed by atoms with Gasteiger partial charge < -0.3 is 15.8 Å². The van der Waals surface area contributed by atoms with Crippen molar-refractivity contribution in [2.75, 3.05) is 19.4 Å². The maximum atomic E-state index is 12.7. The summed E-state index contributed by atoms with van der Waals surface area (Å²) >= 11 is 6.07. The summed E-state index contributed by atoms with van der Waals surface area (Å²) < 4.78 is 5.28. The molecule has 1 aromatic carbocycles. The predicted molar refractivity (Wildman–Crippen MR) is 96.7 cm³/mol. The summed E-state index contributed by atoms with van der Waals surface area (Å²) in [6, 6.07) is 4.64. The average Bonchev–Trinajstić information content (AvgIpc) is 2.57. The van der Waals surface area contributed by atoms with E-state index < -0.39 is 0 Å². The molecule has 0 saturated carbocycles. The average molecular weight is 352 g/mol. The zero-order valence-electron chi connectivity index (χ0n) is 14.3. The van der Waals surface area contributed by atoms with Gasteiger partial charge in [-0.1, -0.05) is 18.0 Å². The van der Waals surface area contributed by atoms with Crippen molar-refractivity contribution in [3.63, 3.8) is 0 Å². The summed E-state index contributed by atoms with van der Waals surface area (Å²) in [5.74, 6) is 0.314. The number of benzene rings is 1. The van der Waals surface area contributed by atoms with Gasteiger partial charge in [-0.05, 0) is 38.7 Å². The van der Waals surface area contributed by atoms with E-state index in [1.54, 1.807) is 12.1 Å². The number of methoxy groups -OCH3 is 1. The summed E-state index contributed by atoms with van der Waals surface area (Å²) in [4.78, 5) is 15.3. The first-order chi connectivity index (χ1) is 11.5. The number of nitrogens with two attached hydrogens (primary N) is 1. The third-order valence-electron chi connectivity index (χ3n) is 5.39. The molecular formula is C18H26ClN3O2. The minimum Gasteiger partial charge on any atom is -0.496 e. The number of nitrogen functional groups attached to an aromatic ring is 1. The Kier molecular flexibility index (Phi) is 5.21. The maximum absolute atomic E-state index is 12.7. The molecular weight excluding hydrogens is 326 g/mol. The fourth-order valence-corrected chi connectivity index (χ4v) is 4.22. The Morgan fingerprint density at radius 3 is 2.92 bits per heavy atom. The lowest BCUT2D eigenvalue weighted by Crippen LogP contribution is -2.54. The predicted octanol–water partition coefficient (Wildman–Crippen LogP) is 3.07. The molecule has 0 bridgehead atoms. The van der Waals surface area contributed by atoms with Crippen LogP contribution in [0.5, 0.6) is 5.75 Å². The molecule has 0 aliphatic carbocycles. The lowest BCUT2D eigenvalue weighted by Gasteiger charge is -2.46. The molecule has 0 aromatic heterocycles. The van der Waals surface area contributed by atoms with Gasteiger partial charge in [0.2, 0.25) is 0 Å². The second-order valence-electron chi connectivity index (χ2n) is 6.94. The molecule has 2 aliphatic heterocycles. The van der Waals surface area contributed by atoms with Crippen molar-refractivity contribution in [1.29, 1.82) is 0 Å². The second kappa shape index (κ2) is 7.19. The molecule has 132 valence electrons. The lowest BCUT2D eigenvalue weighted by molar-refractivity contribution is 0.0457. The number of hydrogen-bond donors (Lipinski definition) is 2. The normalized spacial score (nSPS) is 27.4. The van der Waals surface area contributed by atoms with Crippen LogP contribution in [0.15, 0.2) is 12.1 Å². The van der Waals surface area contributed by atoms with Gasteiger partial charge in [0.25, 0.3) is 5.91 Å². The van der Waals surface area contributed by atoms with E-state index >= 15 is 0 Å². The van der Waals surface area contributed by atoms with Crippen molar-refractivity contribution in [3.05, 3.63) is 22.7 Å². The molecule has 0 spiro atoms. The van der Waals surface area contributed by atoms with Crippen LogP contribution in [0.25, 0.3) is 0 Å². The van der Waals surface area contributed by atoms with Crippen LogP contribution in [0.2, 0.25) is 5.02 Å². The molecule has 3 atom stereocenters. The zero-order chi connectivity index (χ0) is 17.3. The van der Waals surface area contributed by atoms with Crippen molar-refractivity contribution in [1.82, 2.24) is 10.2 Å². The molecule has 2 heterocycles. The van der Waals surface area contributed by atoms with Gasteiger partial charge in [-0.2, -0.15) is 0 Å². The highest BCUT2D eigenvalue weighted by molar-refractivity contribution is 6.33. The minimum atomic E-state index is -0.143. The molecule has 5 nitrogen and oxygen atoms in total. The molecule has 3 rings (SSSR count). The van der Waals surface area contributed by atoms with Gasteiger partial charge in [-0.3, -0.25) is 9.69 Å². The molecule has 3 N–H and O–H groups in total. The number of amides is 1. The molecule has 1 aromatic rings. The zero-order valence-corrected chi connectivity index (χ0v) is 15.1. The number of fused-ring (bicyclic) bond motifs is 1. The Hall–Kier alpha value is -1.46. The van der Waals surface area contributed by atoms with Gasteiger partial charge >= 0.3 is 0 Å². The number of rotatable bonds is 3. The van der Waals surface area contributed by atoms with Crippen LogP contribution in [-0.4, -0.2) is 42.6 Å². The first kappa shape index (κ1) is 17.4. The maximum Gasteiger partial charge on any atom is 0.255 e. The van der Waals surface area contributed by atoms with E-state index in [0.29, 0.717) is 34.1 Å². The number of ether oxygens (including phenoxy) is 1. The first-order valence-corrected chi connectivity index (χ1v) is 9.07. The monoisotopic (exact) mass is 351 g/mol. The van der Waals surface area contributed by atoms with Crippen molar-refractivity contribution in [3.8, 4) is 5.75 Å². The van der Waals surface area contributed by atoms with Crippen molar-refractivity contribution in [2.24, 2.45) is 0 Å². The summed E-state index contributed by atoms with van der Waals surface area (Å²) in [5.41, 5.74) is 6.64. The van der Waals surface area contributed by atoms with E-state index in [4.69, 9.17) is 22.1 Å². The fraction of sp³-hybridized carbons (Fsp3) is 0.611. The Balaban J connectivity index is 1.68. The van der Waals surface area contributed by atoms with Gasteiger partial charge in [-0.15, -0.1) is 0 Å². The van der Waals surface area contributed by atoms with Crippen LogP contribution in [0.4, 0.5) is 5.69 Å². The van der Waals surface area contributed by atoms with Gasteiger partial charge in [0.15, 0.2) is 0 Å². The molecule has 0 radical (unpaired) electrons. The standard InChI is InChI=1S/C18H26ClN3O2/c1-11-4-3-5-13-8-12(6-7-22(11)13)21-18(23)14-9-15(19)16(20)10-17(14)24-2/h9-13H,3-8,20H2,1-2H3,(H,21,23). The van der Waals surface area contributed by atoms with Crippen LogP contribution in [0, 0.1) is 0 Å². The second-order valence-corrected chi connectivity index (χ2v) is 7.35. The van der Waals surface area contributed by atoms with E-state index in [1.165, 1.54) is 26.4 Å². The lowest BCUT2D eigenvalue weighted by atomic mass is 9.87. The minimum absolute atomic E-state index is 0.143. The number of carbonyl (C=O) groups excluding carboxylic acids is 1. The molecule has 2 aliphatic rings. The molecule has 24 heavy (non-hydrogen) atoms. The van der Waals surface area contributed by atoms with Crippen molar-refractivity contribution >= 4 is 23.2 Å². The SMILES string of the molecule is COc1cc(N)c(Cl)cc1C(=O)NC1CCN2C(C)CCCC2C1. The van der Waals surface area contributed by atoms with Crippen LogP contribution in [0.1, 0.15) is 49.4 Å². The molecule has 1 amide bonds. The van der Waals surface area contributed by atoms with E-state index in [2.05, 4.69) is 17.1 Å². The Morgan fingerprint density at radius 1 is 1.38 bits per heavy atom. The summed E-state index contributed by atoms with van der Waals surface area (Å²) in [6.45, 7) is 3.36. The van der Waals surface area contributed by atoms with Gasteiger partial charge in [0.1, 0.15) is 5.75 Å². The molecule has 2 saturated heterocycles. The summed E-state index contributed by atoms with van der Waals surface area (Å²) in [7, 11) is 1.53. The van der Waals surface area contributed by atoms with Gasteiger partial charge in [0.05, 0.1) is 23.4 Å². The van der Waals surface area contributed by atoms with Crippen molar-refractivity contribution in [2.45, 2.75) is 57.2 Å². The summed E-state index contributed by atoms with van der Waals surface area (Å²) in [6.07, 6.45) is 5.80. The van der Waals surface area contributed by atoms with E-state index in [-0.39, 0.29) is 11.9 Å². The van der Waals surface area contributed by atoms with E-state index in [9.17, 15) is 4.79 Å². The molecule has 3 unspecified atom stereocenters. The van der Waals surface area contributed by atoms with Crippen LogP contribution in [-0.2, 0) is 0 Å². The number of carbonyl (C=O) groups is 1. The quantitative estimate of drug-likeness (QED) is 0.821. The highest BCUT2D eigenvalue weighted by Crippen LogP contribution is 2.31. The first-order valence-electron chi connectivity index (χ1n) is 8.69. The van der Waals surface area contributed by atoms with E-state index in [1.807, 2.05) is 0 Å². The number of hydrogen-bond acceptors (Lipinski definition) is 4. The third-order valence-corrected chi connectivity index (χ3v) is 5.71. The van der Waals surface area contributed by atoms with Crippen LogP contribution < -0.4 is 15.8 Å². The fourth-order valence-electron chi connectivity index (χ4n) is 4.06. The topological polar surface area (TPSA) is 67.6 Å². The Bertz CT molecular complexity index is 623. The van der Waals surface area contributed by atoms with Crippen molar-refractivity contribution < 1.29 is 9.53 Å². The number of nitrogens with zero attached hydrogens (tertiary/aromatic N) is 1. The van der Waals surface area contributed by atoms with Gasteiger partial charge in [-0.25, -0.2) is 0 Å². The van der Waals surface area contributed by atoms with E-state index in [0.717, 1.165) is 19.4 Å². The largest absolute Gasteiger partial charge is 0.496 e. The van der Waals surface area contributed by atoms with Crippen LogP contribution in [0.3, 0.4) is 0 Å². The number of nitrogens with one attached hydrogen (secondary N) is 1. The number of anilines is 1. The molecule has 6 heteroatoms. The Labute approximate surface area is 148 Å². The summed E-state index contributed by atoms with van der Waals surface area (Å²) in [5, 5.41) is 3.53. The Morgan fingerprint density at radius 2 is 2.17 bits per heavy atom. The van der Waals surface area contributed by atoms with Gasteiger partial charge in [0, 0.05) is 30.7 Å². The highest BCUT2D eigenvalue weighted by Gasteiger charge is 2.34. The molecule has 2 fully saturated rings. The highest BCUT2D eigenvalue weighted by atomic mass is 35.5. The third kappa shape index (κ3) is 3.47.